The molecule has 0 atom stereocenters. The molecule has 3 aromatic carbocycles. The van der Waals surface area contributed by atoms with Crippen LogP contribution in [-0.4, -0.2) is 20.9 Å². The summed E-state index contributed by atoms with van der Waals surface area (Å²) in [6.07, 6.45) is 5.92. The highest BCUT2D eigenvalue weighted by Crippen LogP contribution is 2.37. The number of anilines is 1. The summed E-state index contributed by atoms with van der Waals surface area (Å²) >= 11 is 0. The number of carbonyl (C=O) groups is 1. The smallest absolute Gasteiger partial charge is 0.248 e. The maximum absolute atomic E-state index is 12.4. The van der Waals surface area contributed by atoms with Gasteiger partial charge in [-0.3, -0.25) is 4.79 Å². The molecule has 5 heteroatoms. The summed E-state index contributed by atoms with van der Waals surface area (Å²) in [7, 11) is 0. The lowest BCUT2D eigenvalue weighted by Gasteiger charge is -2.06. The fourth-order valence-electron chi connectivity index (χ4n) is 3.78. The molecule has 1 aromatic heterocycles. The Hall–Kier alpha value is -3.99. The van der Waals surface area contributed by atoms with Crippen molar-refractivity contribution in [3.8, 4) is 11.1 Å². The van der Waals surface area contributed by atoms with Crippen LogP contribution in [0.3, 0.4) is 0 Å². The van der Waals surface area contributed by atoms with E-state index in [2.05, 4.69) is 39.9 Å². The van der Waals surface area contributed by atoms with Gasteiger partial charge in [0.15, 0.2) is 0 Å². The maximum Gasteiger partial charge on any atom is 0.248 e. The van der Waals surface area contributed by atoms with Gasteiger partial charge in [0.1, 0.15) is 5.69 Å². The number of carbonyl (C=O) groups excluding carboxylic acids is 1. The third-order valence-corrected chi connectivity index (χ3v) is 5.22. The lowest BCUT2D eigenvalue weighted by molar-refractivity contribution is -0.111. The third-order valence-electron chi connectivity index (χ3n) is 5.22. The normalized spacial score (nSPS) is 12.0. The molecule has 146 valence electrons. The molecule has 0 bridgehead atoms. The number of rotatable bonds is 5. The Morgan fingerprint density at radius 2 is 1.77 bits per heavy atom. The van der Waals surface area contributed by atoms with Gasteiger partial charge in [0, 0.05) is 11.8 Å². The highest BCUT2D eigenvalue weighted by atomic mass is 16.1. The van der Waals surface area contributed by atoms with Crippen LogP contribution in [0.15, 0.2) is 85.1 Å². The zero-order valence-corrected chi connectivity index (χ0v) is 16.3. The van der Waals surface area contributed by atoms with E-state index in [1.807, 2.05) is 54.7 Å². The van der Waals surface area contributed by atoms with Crippen molar-refractivity contribution in [3.63, 3.8) is 0 Å². The minimum Gasteiger partial charge on any atom is -0.322 e. The summed E-state index contributed by atoms with van der Waals surface area (Å²) in [6, 6.07) is 24.5. The molecule has 1 aliphatic carbocycles. The Morgan fingerprint density at radius 1 is 0.967 bits per heavy atom. The molecule has 0 fully saturated rings. The molecule has 0 unspecified atom stereocenters. The van der Waals surface area contributed by atoms with E-state index in [1.54, 1.807) is 10.8 Å². The van der Waals surface area contributed by atoms with Gasteiger partial charge in [-0.1, -0.05) is 65.9 Å². The van der Waals surface area contributed by atoms with Crippen molar-refractivity contribution >= 4 is 17.7 Å². The van der Waals surface area contributed by atoms with E-state index in [9.17, 15) is 4.79 Å². The molecule has 0 radical (unpaired) electrons. The third kappa shape index (κ3) is 3.78. The fraction of sp³-hybridized carbons (Fsp3) is 0.0800. The van der Waals surface area contributed by atoms with Crippen LogP contribution in [0, 0.1) is 0 Å². The summed E-state index contributed by atoms with van der Waals surface area (Å²) < 4.78 is 1.75. The molecule has 5 nitrogen and oxygen atoms in total. The van der Waals surface area contributed by atoms with Crippen LogP contribution in [0.2, 0.25) is 0 Å². The van der Waals surface area contributed by atoms with Gasteiger partial charge in [0.2, 0.25) is 5.91 Å². The number of aromatic nitrogens is 3. The first-order chi connectivity index (χ1) is 14.7. The van der Waals surface area contributed by atoms with Gasteiger partial charge >= 0.3 is 0 Å². The van der Waals surface area contributed by atoms with E-state index in [1.165, 1.54) is 28.3 Å². The summed E-state index contributed by atoms with van der Waals surface area (Å²) in [5.41, 5.74) is 7.63. The van der Waals surface area contributed by atoms with Crippen LogP contribution < -0.4 is 5.32 Å². The van der Waals surface area contributed by atoms with Crippen molar-refractivity contribution in [2.75, 3.05) is 5.32 Å². The lowest BCUT2D eigenvalue weighted by Crippen LogP contribution is -2.07. The Bertz CT molecular complexity index is 1240. The van der Waals surface area contributed by atoms with Gasteiger partial charge in [0.25, 0.3) is 0 Å². The predicted octanol–water partition coefficient (Wildman–Crippen LogP) is 4.55. The molecule has 1 amide bonds. The Labute approximate surface area is 174 Å². The molecular weight excluding hydrogens is 372 g/mol. The predicted molar refractivity (Wildman–Crippen MR) is 118 cm³/mol. The number of hydrogen-bond acceptors (Lipinski definition) is 3. The molecule has 0 spiro atoms. The SMILES string of the molecule is O=C(/C=C/c1cn(Cc2ccccc2)nn1)Nc1ccc2c(c1)-c1ccccc1C2. The molecule has 0 aliphatic heterocycles. The Kier molecular flexibility index (Phi) is 4.69. The van der Waals surface area contributed by atoms with Crippen LogP contribution >= 0.6 is 0 Å². The molecule has 30 heavy (non-hydrogen) atoms. The van der Waals surface area contributed by atoms with E-state index in [4.69, 9.17) is 0 Å². The van der Waals surface area contributed by atoms with E-state index in [-0.39, 0.29) is 5.91 Å². The average molecular weight is 392 g/mol. The zero-order chi connectivity index (χ0) is 20.3. The first kappa shape index (κ1) is 18.1. The largest absolute Gasteiger partial charge is 0.322 e. The minimum absolute atomic E-state index is 0.196. The van der Waals surface area contributed by atoms with Crippen LogP contribution in [0.4, 0.5) is 5.69 Å². The van der Waals surface area contributed by atoms with Crippen LogP contribution in [0.5, 0.6) is 0 Å². The van der Waals surface area contributed by atoms with Crippen molar-refractivity contribution in [2.45, 2.75) is 13.0 Å². The summed E-state index contributed by atoms with van der Waals surface area (Å²) in [5, 5.41) is 11.2. The summed E-state index contributed by atoms with van der Waals surface area (Å²) in [5.74, 6) is -0.196. The van der Waals surface area contributed by atoms with Gasteiger partial charge in [-0.2, -0.15) is 0 Å². The first-order valence-corrected chi connectivity index (χ1v) is 9.89. The monoisotopic (exact) mass is 392 g/mol. The van der Waals surface area contributed by atoms with Crippen molar-refractivity contribution in [1.82, 2.24) is 15.0 Å². The second-order valence-corrected chi connectivity index (χ2v) is 7.36. The van der Waals surface area contributed by atoms with Crippen molar-refractivity contribution < 1.29 is 4.79 Å². The molecule has 1 heterocycles. The van der Waals surface area contributed by atoms with E-state index >= 15 is 0 Å². The van der Waals surface area contributed by atoms with E-state index < -0.39 is 0 Å². The molecule has 0 saturated carbocycles. The molecule has 5 rings (SSSR count). The average Bonchev–Trinajstić information content (AvgIpc) is 3.37. The number of nitrogens with zero attached hydrogens (tertiary/aromatic N) is 3. The summed E-state index contributed by atoms with van der Waals surface area (Å²) in [4.78, 5) is 12.4. The van der Waals surface area contributed by atoms with Crippen LogP contribution in [0.1, 0.15) is 22.4 Å². The second kappa shape index (κ2) is 7.79. The second-order valence-electron chi connectivity index (χ2n) is 7.36. The number of nitrogens with one attached hydrogen (secondary N) is 1. The van der Waals surface area contributed by atoms with Crippen LogP contribution in [0.25, 0.3) is 17.2 Å². The van der Waals surface area contributed by atoms with Crippen molar-refractivity contribution in [1.29, 1.82) is 0 Å². The topological polar surface area (TPSA) is 59.8 Å². The molecule has 1 N–H and O–H groups in total. The van der Waals surface area contributed by atoms with Gasteiger partial charge in [-0.15, -0.1) is 5.10 Å². The molecular formula is C25H20N4O. The van der Waals surface area contributed by atoms with Gasteiger partial charge in [-0.05, 0) is 52.4 Å². The van der Waals surface area contributed by atoms with Crippen molar-refractivity contribution in [2.24, 2.45) is 0 Å². The maximum atomic E-state index is 12.4. The van der Waals surface area contributed by atoms with Gasteiger partial charge in [-0.25, -0.2) is 4.68 Å². The number of fused-ring (bicyclic) bond motifs is 3. The van der Waals surface area contributed by atoms with E-state index in [0.717, 1.165) is 17.7 Å². The summed E-state index contributed by atoms with van der Waals surface area (Å²) in [6.45, 7) is 0.643. The number of benzene rings is 3. The number of amides is 1. The van der Waals surface area contributed by atoms with Gasteiger partial charge < -0.3 is 5.32 Å². The molecule has 0 saturated heterocycles. The quantitative estimate of drug-likeness (QED) is 0.447. The molecule has 1 aliphatic rings. The van der Waals surface area contributed by atoms with Crippen LogP contribution in [-0.2, 0) is 17.8 Å². The lowest BCUT2D eigenvalue weighted by atomic mass is 10.1. The Morgan fingerprint density at radius 3 is 2.67 bits per heavy atom. The van der Waals surface area contributed by atoms with Gasteiger partial charge in [0.05, 0.1) is 12.7 Å². The minimum atomic E-state index is -0.196. The van der Waals surface area contributed by atoms with E-state index in [0.29, 0.717) is 12.2 Å². The zero-order valence-electron chi connectivity index (χ0n) is 16.3. The first-order valence-electron chi connectivity index (χ1n) is 9.89. The molecule has 4 aromatic rings. The highest BCUT2D eigenvalue weighted by Gasteiger charge is 2.18. The van der Waals surface area contributed by atoms with Crippen molar-refractivity contribution in [3.05, 3.63) is 107 Å². The standard InChI is InChI=1S/C25H20N4O/c30-25(13-12-22-17-29(28-27-22)16-18-6-2-1-3-7-18)26-21-11-10-20-14-19-8-4-5-9-23(19)24(20)15-21/h1-13,15,17H,14,16H2,(H,26,30)/b13-12+. The number of hydrogen-bond donors (Lipinski definition) is 1. The fourth-order valence-corrected chi connectivity index (χ4v) is 3.78. The highest BCUT2D eigenvalue weighted by molar-refractivity contribution is 6.02. The Balaban J connectivity index is 1.25.